The standard InChI is InChI=1S/C14H22N2O2S2/c1-10-7-12(15)13(8-11(10)2)20(17,18)16-9-14(3)5-4-6-19-14/h7-8,16H,4-6,9,15H2,1-3H3. The molecule has 4 nitrogen and oxygen atoms in total. The molecule has 1 unspecified atom stereocenters. The van der Waals surface area contributed by atoms with Crippen LogP contribution in [0.3, 0.4) is 0 Å². The van der Waals surface area contributed by atoms with Gasteiger partial charge < -0.3 is 5.73 Å². The van der Waals surface area contributed by atoms with Crippen LogP contribution in [-0.4, -0.2) is 25.5 Å². The molecule has 1 aliphatic rings. The van der Waals surface area contributed by atoms with Crippen LogP contribution in [-0.2, 0) is 10.0 Å². The van der Waals surface area contributed by atoms with Crippen molar-refractivity contribution in [2.75, 3.05) is 18.0 Å². The second kappa shape index (κ2) is 5.58. The molecule has 1 atom stereocenters. The minimum atomic E-state index is -3.54. The summed E-state index contributed by atoms with van der Waals surface area (Å²) in [6, 6.07) is 3.37. The molecule has 1 aromatic carbocycles. The van der Waals surface area contributed by atoms with Crippen LogP contribution in [0, 0.1) is 13.8 Å². The Kier molecular flexibility index (Phi) is 4.37. The van der Waals surface area contributed by atoms with Crippen molar-refractivity contribution < 1.29 is 8.42 Å². The average molecular weight is 314 g/mol. The first-order chi connectivity index (χ1) is 9.23. The first kappa shape index (κ1) is 15.7. The van der Waals surface area contributed by atoms with Gasteiger partial charge >= 0.3 is 0 Å². The Morgan fingerprint density at radius 1 is 1.35 bits per heavy atom. The summed E-state index contributed by atoms with van der Waals surface area (Å²) in [5, 5.41) is 0. The van der Waals surface area contributed by atoms with Gasteiger partial charge in [-0.15, -0.1) is 0 Å². The highest BCUT2D eigenvalue weighted by atomic mass is 32.2. The molecule has 1 heterocycles. The quantitative estimate of drug-likeness (QED) is 0.837. The van der Waals surface area contributed by atoms with Crippen LogP contribution >= 0.6 is 11.8 Å². The zero-order chi connectivity index (χ0) is 15.0. The zero-order valence-corrected chi connectivity index (χ0v) is 13.8. The summed E-state index contributed by atoms with van der Waals surface area (Å²) >= 11 is 1.83. The van der Waals surface area contributed by atoms with Crippen molar-refractivity contribution >= 4 is 27.5 Å². The third-order valence-electron chi connectivity index (χ3n) is 3.85. The van der Waals surface area contributed by atoms with Crippen LogP contribution in [0.25, 0.3) is 0 Å². The molecule has 20 heavy (non-hydrogen) atoms. The molecule has 0 saturated carbocycles. The van der Waals surface area contributed by atoms with E-state index >= 15 is 0 Å². The highest BCUT2D eigenvalue weighted by molar-refractivity contribution is 8.01. The van der Waals surface area contributed by atoms with E-state index in [9.17, 15) is 8.42 Å². The summed E-state index contributed by atoms with van der Waals surface area (Å²) in [7, 11) is -3.54. The first-order valence-corrected chi connectivity index (χ1v) is 9.21. The van der Waals surface area contributed by atoms with E-state index in [1.54, 1.807) is 12.1 Å². The Labute approximate surface area is 125 Å². The van der Waals surface area contributed by atoms with E-state index in [0.717, 1.165) is 29.7 Å². The number of benzene rings is 1. The molecule has 0 aromatic heterocycles. The van der Waals surface area contributed by atoms with Gasteiger partial charge in [0.2, 0.25) is 10.0 Å². The molecule has 1 fully saturated rings. The minimum Gasteiger partial charge on any atom is -0.398 e. The maximum atomic E-state index is 12.4. The van der Waals surface area contributed by atoms with Gasteiger partial charge in [0.1, 0.15) is 4.90 Å². The van der Waals surface area contributed by atoms with Crippen LogP contribution in [0.1, 0.15) is 30.9 Å². The predicted octanol–water partition coefficient (Wildman–Crippen LogP) is 2.45. The third kappa shape index (κ3) is 3.30. The number of sulfonamides is 1. The minimum absolute atomic E-state index is 0.00156. The predicted molar refractivity (Wildman–Crippen MR) is 85.6 cm³/mol. The molecular weight excluding hydrogens is 292 g/mol. The Bertz CT molecular complexity index is 606. The summed E-state index contributed by atoms with van der Waals surface area (Å²) in [5.41, 5.74) is 8.11. The fraction of sp³-hybridized carbons (Fsp3) is 0.571. The van der Waals surface area contributed by atoms with E-state index in [1.165, 1.54) is 0 Å². The van der Waals surface area contributed by atoms with Gasteiger partial charge in [-0.05, 0) is 62.6 Å². The van der Waals surface area contributed by atoms with Gasteiger partial charge in [-0.1, -0.05) is 0 Å². The summed E-state index contributed by atoms with van der Waals surface area (Å²) in [5.74, 6) is 1.10. The molecule has 3 N–H and O–H groups in total. The molecule has 0 bridgehead atoms. The van der Waals surface area contributed by atoms with Gasteiger partial charge in [-0.3, -0.25) is 0 Å². The SMILES string of the molecule is Cc1cc(N)c(S(=O)(=O)NCC2(C)CCCS2)cc1C. The number of hydrogen-bond acceptors (Lipinski definition) is 4. The summed E-state index contributed by atoms with van der Waals surface area (Å²) in [4.78, 5) is 0.187. The van der Waals surface area contributed by atoms with E-state index in [-0.39, 0.29) is 9.64 Å². The number of rotatable bonds is 4. The lowest BCUT2D eigenvalue weighted by atomic mass is 10.1. The van der Waals surface area contributed by atoms with Crippen molar-refractivity contribution in [2.24, 2.45) is 0 Å². The van der Waals surface area contributed by atoms with Crippen molar-refractivity contribution in [1.29, 1.82) is 0 Å². The van der Waals surface area contributed by atoms with Crippen LogP contribution in [0.4, 0.5) is 5.69 Å². The van der Waals surface area contributed by atoms with E-state index in [0.29, 0.717) is 12.2 Å². The summed E-state index contributed by atoms with van der Waals surface area (Å²) in [6.07, 6.45) is 2.19. The fourth-order valence-corrected chi connectivity index (χ4v) is 5.05. The highest BCUT2D eigenvalue weighted by Gasteiger charge is 2.31. The number of thioether (sulfide) groups is 1. The van der Waals surface area contributed by atoms with Crippen molar-refractivity contribution in [2.45, 2.75) is 43.3 Å². The maximum Gasteiger partial charge on any atom is 0.242 e. The molecule has 0 amide bonds. The number of anilines is 1. The normalized spacial score (nSPS) is 23.1. The largest absolute Gasteiger partial charge is 0.398 e. The fourth-order valence-electron chi connectivity index (χ4n) is 2.35. The van der Waals surface area contributed by atoms with Gasteiger partial charge in [0, 0.05) is 11.3 Å². The molecule has 1 saturated heterocycles. The van der Waals surface area contributed by atoms with E-state index in [1.807, 2.05) is 25.6 Å². The van der Waals surface area contributed by atoms with E-state index in [4.69, 9.17) is 5.73 Å². The lowest BCUT2D eigenvalue weighted by molar-refractivity contribution is 0.552. The number of nitrogens with one attached hydrogen (secondary N) is 1. The Morgan fingerprint density at radius 2 is 2.00 bits per heavy atom. The summed E-state index contributed by atoms with van der Waals surface area (Å²) in [6.45, 7) is 6.37. The molecule has 6 heteroatoms. The zero-order valence-electron chi connectivity index (χ0n) is 12.2. The maximum absolute atomic E-state index is 12.4. The first-order valence-electron chi connectivity index (χ1n) is 6.74. The van der Waals surface area contributed by atoms with E-state index < -0.39 is 10.0 Å². The topological polar surface area (TPSA) is 72.2 Å². The van der Waals surface area contributed by atoms with Gasteiger partial charge in [-0.2, -0.15) is 11.8 Å². The second-order valence-electron chi connectivity index (χ2n) is 5.70. The monoisotopic (exact) mass is 314 g/mol. The van der Waals surface area contributed by atoms with Gasteiger partial charge in [0.25, 0.3) is 0 Å². The summed E-state index contributed by atoms with van der Waals surface area (Å²) < 4.78 is 27.5. The second-order valence-corrected chi connectivity index (χ2v) is 9.12. The van der Waals surface area contributed by atoms with Crippen molar-refractivity contribution in [3.8, 4) is 0 Å². The smallest absolute Gasteiger partial charge is 0.242 e. The van der Waals surface area contributed by atoms with Gasteiger partial charge in [0.05, 0.1) is 5.69 Å². The lowest BCUT2D eigenvalue weighted by Gasteiger charge is -2.23. The molecule has 1 aliphatic heterocycles. The van der Waals surface area contributed by atoms with Crippen LogP contribution in [0.15, 0.2) is 17.0 Å². The molecule has 0 aliphatic carbocycles. The molecule has 0 spiro atoms. The van der Waals surface area contributed by atoms with Crippen molar-refractivity contribution in [3.63, 3.8) is 0 Å². The molecule has 1 aromatic rings. The molecule has 2 rings (SSSR count). The average Bonchev–Trinajstić information content (AvgIpc) is 2.79. The number of nitrogens with two attached hydrogens (primary N) is 1. The van der Waals surface area contributed by atoms with Crippen LogP contribution < -0.4 is 10.5 Å². The van der Waals surface area contributed by atoms with E-state index in [2.05, 4.69) is 11.6 Å². The Balaban J connectivity index is 2.20. The van der Waals surface area contributed by atoms with Crippen molar-refractivity contribution in [3.05, 3.63) is 23.3 Å². The number of aryl methyl sites for hydroxylation is 2. The molecule has 112 valence electrons. The Morgan fingerprint density at radius 3 is 2.60 bits per heavy atom. The number of nitrogen functional groups attached to an aromatic ring is 1. The van der Waals surface area contributed by atoms with Gasteiger partial charge in [0.15, 0.2) is 0 Å². The lowest BCUT2D eigenvalue weighted by Crippen LogP contribution is -2.37. The Hall–Kier alpha value is -0.720. The van der Waals surface area contributed by atoms with Gasteiger partial charge in [-0.25, -0.2) is 13.1 Å². The highest BCUT2D eigenvalue weighted by Crippen LogP contribution is 2.37. The number of hydrogen-bond donors (Lipinski definition) is 2. The van der Waals surface area contributed by atoms with Crippen LogP contribution in [0.5, 0.6) is 0 Å². The molecule has 0 radical (unpaired) electrons. The third-order valence-corrected chi connectivity index (χ3v) is 6.85. The van der Waals surface area contributed by atoms with Crippen LogP contribution in [0.2, 0.25) is 0 Å². The van der Waals surface area contributed by atoms with Crippen molar-refractivity contribution in [1.82, 2.24) is 4.72 Å². The molecular formula is C14H22N2O2S2.